The van der Waals surface area contributed by atoms with Crippen LogP contribution in [0.3, 0.4) is 0 Å². The number of anilines is 1. The summed E-state index contributed by atoms with van der Waals surface area (Å²) in [5, 5.41) is 2.98. The number of carbonyl (C=O) groups excluding carboxylic acids is 1. The van der Waals surface area contributed by atoms with Crippen LogP contribution < -0.4 is 16.6 Å². The van der Waals surface area contributed by atoms with Crippen molar-refractivity contribution in [1.29, 1.82) is 0 Å². The van der Waals surface area contributed by atoms with Crippen LogP contribution in [0, 0.1) is 0 Å². The molecule has 0 aromatic carbocycles. The molecule has 0 aliphatic carbocycles. The Hall–Kier alpha value is -1.66. The van der Waals surface area contributed by atoms with Gasteiger partial charge in [0, 0.05) is 12.6 Å². The number of pyridine rings is 1. The third-order valence-electron chi connectivity index (χ3n) is 3.49. The number of rotatable bonds is 5. The third kappa shape index (κ3) is 4.18. The van der Waals surface area contributed by atoms with Gasteiger partial charge in [-0.2, -0.15) is 0 Å². The number of hydrogen-bond donors (Lipinski definition) is 3. The first kappa shape index (κ1) is 14.7. The summed E-state index contributed by atoms with van der Waals surface area (Å²) in [7, 11) is 0. The van der Waals surface area contributed by atoms with Crippen molar-refractivity contribution in [2.75, 3.05) is 25.1 Å². The summed E-state index contributed by atoms with van der Waals surface area (Å²) >= 11 is 0. The summed E-state index contributed by atoms with van der Waals surface area (Å²) in [4.78, 5) is 18.6. The molecule has 0 spiro atoms. The molecule has 110 valence electrons. The molecule has 6 heteroatoms. The maximum Gasteiger partial charge on any atom is 0.270 e. The number of aromatic nitrogens is 1. The summed E-state index contributed by atoms with van der Waals surface area (Å²) in [5.41, 5.74) is 2.82. The van der Waals surface area contributed by atoms with Crippen molar-refractivity contribution in [1.82, 2.24) is 15.2 Å². The van der Waals surface area contributed by atoms with Crippen LogP contribution in [0.4, 0.5) is 5.82 Å². The first-order chi connectivity index (χ1) is 9.69. The molecule has 1 aromatic heterocycles. The Kier molecular flexibility index (Phi) is 5.31. The fourth-order valence-electron chi connectivity index (χ4n) is 2.51. The number of hydrazine groups is 1. The van der Waals surface area contributed by atoms with Gasteiger partial charge >= 0.3 is 0 Å². The van der Waals surface area contributed by atoms with E-state index in [2.05, 4.69) is 20.6 Å². The average molecular weight is 277 g/mol. The van der Waals surface area contributed by atoms with Gasteiger partial charge in [-0.3, -0.25) is 4.79 Å². The molecule has 1 saturated heterocycles. The smallest absolute Gasteiger partial charge is 0.270 e. The fraction of sp³-hybridized carbons (Fsp3) is 0.571. The van der Waals surface area contributed by atoms with Gasteiger partial charge in [-0.25, -0.2) is 10.8 Å². The van der Waals surface area contributed by atoms with E-state index in [1.54, 1.807) is 18.2 Å². The van der Waals surface area contributed by atoms with Gasteiger partial charge in [0.2, 0.25) is 0 Å². The van der Waals surface area contributed by atoms with Gasteiger partial charge in [-0.05, 0) is 45.0 Å². The van der Waals surface area contributed by atoms with E-state index in [1.165, 1.54) is 19.3 Å². The number of amides is 1. The molecule has 1 aliphatic rings. The van der Waals surface area contributed by atoms with Gasteiger partial charge < -0.3 is 15.6 Å². The van der Waals surface area contributed by atoms with Gasteiger partial charge in [0.15, 0.2) is 0 Å². The van der Waals surface area contributed by atoms with Crippen molar-refractivity contribution < 1.29 is 4.79 Å². The number of nitrogen functional groups attached to an aromatic ring is 1. The number of nitrogens with zero attached hydrogens (tertiary/aromatic N) is 2. The second-order valence-electron chi connectivity index (χ2n) is 5.29. The van der Waals surface area contributed by atoms with E-state index in [0.29, 0.717) is 11.5 Å². The van der Waals surface area contributed by atoms with Crippen LogP contribution in [-0.2, 0) is 0 Å². The Morgan fingerprint density at radius 2 is 2.15 bits per heavy atom. The van der Waals surface area contributed by atoms with Gasteiger partial charge in [0.25, 0.3) is 5.91 Å². The first-order valence-electron chi connectivity index (χ1n) is 7.16. The van der Waals surface area contributed by atoms with E-state index < -0.39 is 0 Å². The van der Waals surface area contributed by atoms with Crippen molar-refractivity contribution in [3.63, 3.8) is 0 Å². The lowest BCUT2D eigenvalue weighted by Crippen LogP contribution is -2.43. The highest BCUT2D eigenvalue weighted by Gasteiger charge is 2.16. The lowest BCUT2D eigenvalue weighted by Gasteiger charge is -2.29. The molecule has 0 bridgehead atoms. The number of carbonyl (C=O) groups is 1. The Morgan fingerprint density at radius 3 is 2.85 bits per heavy atom. The minimum Gasteiger partial charge on any atom is -0.347 e. The van der Waals surface area contributed by atoms with Crippen LogP contribution in [-0.4, -0.2) is 41.5 Å². The molecule has 1 aliphatic heterocycles. The molecule has 1 atom stereocenters. The van der Waals surface area contributed by atoms with Crippen LogP contribution in [0.5, 0.6) is 0 Å². The fourth-order valence-corrected chi connectivity index (χ4v) is 2.51. The van der Waals surface area contributed by atoms with E-state index in [4.69, 9.17) is 5.84 Å². The molecule has 20 heavy (non-hydrogen) atoms. The van der Waals surface area contributed by atoms with E-state index in [1.807, 2.05) is 6.92 Å². The monoisotopic (exact) mass is 277 g/mol. The van der Waals surface area contributed by atoms with Crippen LogP contribution in [0.2, 0.25) is 0 Å². The van der Waals surface area contributed by atoms with Gasteiger partial charge in [-0.1, -0.05) is 12.5 Å². The predicted octanol–water partition coefficient (Wildman–Crippen LogP) is 0.971. The molecule has 1 aromatic rings. The quantitative estimate of drug-likeness (QED) is 0.552. The van der Waals surface area contributed by atoms with Crippen molar-refractivity contribution in [2.45, 2.75) is 32.2 Å². The van der Waals surface area contributed by atoms with Crippen LogP contribution in [0.1, 0.15) is 36.7 Å². The van der Waals surface area contributed by atoms with E-state index in [-0.39, 0.29) is 11.9 Å². The highest BCUT2D eigenvalue weighted by Crippen LogP contribution is 2.09. The number of likely N-dealkylation sites (tertiary alicyclic amines) is 1. The predicted molar refractivity (Wildman–Crippen MR) is 79.3 cm³/mol. The highest BCUT2D eigenvalue weighted by molar-refractivity contribution is 5.92. The number of nitrogens with two attached hydrogens (primary N) is 1. The minimum atomic E-state index is -0.161. The number of piperidine rings is 1. The first-order valence-corrected chi connectivity index (χ1v) is 7.16. The molecule has 6 nitrogen and oxygen atoms in total. The SMILES string of the molecule is CC(CN1CCCCC1)NC(=O)c1cccc(NN)n1. The maximum absolute atomic E-state index is 12.1. The second kappa shape index (κ2) is 7.21. The summed E-state index contributed by atoms with van der Waals surface area (Å²) in [6.07, 6.45) is 3.83. The molecule has 0 saturated carbocycles. The van der Waals surface area contributed by atoms with Crippen LogP contribution in [0.15, 0.2) is 18.2 Å². The molecule has 0 radical (unpaired) electrons. The zero-order valence-corrected chi connectivity index (χ0v) is 11.9. The number of nitrogens with one attached hydrogen (secondary N) is 2. The lowest BCUT2D eigenvalue weighted by atomic mass is 10.1. The Bertz CT molecular complexity index is 445. The standard InChI is InChI=1S/C14H23N5O/c1-11(10-19-8-3-2-4-9-19)16-14(20)12-6-5-7-13(17-12)18-15/h5-7,11H,2-4,8-10,15H2,1H3,(H,16,20)(H,17,18). The second-order valence-corrected chi connectivity index (χ2v) is 5.29. The summed E-state index contributed by atoms with van der Waals surface area (Å²) in [6, 6.07) is 5.27. The van der Waals surface area contributed by atoms with Gasteiger partial charge in [0.1, 0.15) is 11.5 Å². The zero-order chi connectivity index (χ0) is 14.4. The summed E-state index contributed by atoms with van der Waals surface area (Å²) in [6.45, 7) is 5.17. The molecule has 4 N–H and O–H groups in total. The maximum atomic E-state index is 12.1. The number of hydrogen-bond acceptors (Lipinski definition) is 5. The molecular formula is C14H23N5O. The zero-order valence-electron chi connectivity index (χ0n) is 11.9. The van der Waals surface area contributed by atoms with Gasteiger partial charge in [-0.15, -0.1) is 0 Å². The topological polar surface area (TPSA) is 83.3 Å². The average Bonchev–Trinajstić information content (AvgIpc) is 2.48. The molecule has 1 amide bonds. The van der Waals surface area contributed by atoms with E-state index >= 15 is 0 Å². The van der Waals surface area contributed by atoms with Crippen molar-refractivity contribution in [3.05, 3.63) is 23.9 Å². The summed E-state index contributed by atoms with van der Waals surface area (Å²) in [5.74, 6) is 5.62. The van der Waals surface area contributed by atoms with Crippen LogP contribution in [0.25, 0.3) is 0 Å². The molecule has 2 heterocycles. The largest absolute Gasteiger partial charge is 0.347 e. The Labute approximate surface area is 119 Å². The van der Waals surface area contributed by atoms with Crippen molar-refractivity contribution in [2.24, 2.45) is 5.84 Å². The molecule has 2 rings (SSSR count). The van der Waals surface area contributed by atoms with Gasteiger partial charge in [0.05, 0.1) is 0 Å². The lowest BCUT2D eigenvalue weighted by molar-refractivity contribution is 0.0921. The highest BCUT2D eigenvalue weighted by atomic mass is 16.1. The minimum absolute atomic E-state index is 0.108. The Balaban J connectivity index is 1.86. The molecule has 1 unspecified atom stereocenters. The van der Waals surface area contributed by atoms with E-state index in [9.17, 15) is 4.79 Å². The summed E-state index contributed by atoms with van der Waals surface area (Å²) < 4.78 is 0. The van der Waals surface area contributed by atoms with E-state index in [0.717, 1.165) is 19.6 Å². The molecule has 1 fully saturated rings. The Morgan fingerprint density at radius 1 is 1.40 bits per heavy atom. The van der Waals surface area contributed by atoms with Crippen LogP contribution >= 0.6 is 0 Å². The third-order valence-corrected chi connectivity index (χ3v) is 3.49. The molecular weight excluding hydrogens is 254 g/mol. The normalized spacial score (nSPS) is 17.5. The van der Waals surface area contributed by atoms with Crippen molar-refractivity contribution >= 4 is 11.7 Å². The van der Waals surface area contributed by atoms with Crippen molar-refractivity contribution in [3.8, 4) is 0 Å².